The predicted octanol–water partition coefficient (Wildman–Crippen LogP) is 4.74. The summed E-state index contributed by atoms with van der Waals surface area (Å²) in [6.07, 6.45) is -4.85. The topological polar surface area (TPSA) is 96.8 Å². The average molecular weight is 608 g/mol. The largest absolute Gasteiger partial charge is 0.439 e. The molecule has 13 heteroatoms. The standard InChI is InChI=1S/C29H36F3N5O4S/c1-5-37-27(41-25-11-9-22(10-12-25)19-35-13-15-36(16-14-35)21(2)38)18-26(33-37)23-7-6-8-24(17-23)28(3,4)34-42(39,40)20-29(30,31)32/h6-12,17-18,34H,5,13-16,19-20H2,1-4H3. The molecule has 1 N–H and O–H groups in total. The number of rotatable bonds is 10. The minimum absolute atomic E-state index is 0.106. The summed E-state index contributed by atoms with van der Waals surface area (Å²) >= 11 is 0. The fourth-order valence-electron chi connectivity index (χ4n) is 4.88. The van der Waals surface area contributed by atoms with Crippen LogP contribution in [0.5, 0.6) is 11.6 Å². The normalized spacial score (nSPS) is 15.2. The van der Waals surface area contributed by atoms with E-state index in [4.69, 9.17) is 4.74 Å². The third kappa shape index (κ3) is 8.33. The van der Waals surface area contributed by atoms with Gasteiger partial charge in [-0.15, -0.1) is 0 Å². The number of alkyl halides is 3. The van der Waals surface area contributed by atoms with Crippen molar-refractivity contribution in [2.75, 3.05) is 31.9 Å². The number of carbonyl (C=O) groups is 1. The van der Waals surface area contributed by atoms with Crippen LogP contribution in [0.1, 0.15) is 38.8 Å². The van der Waals surface area contributed by atoms with E-state index in [1.54, 1.807) is 41.9 Å². The monoisotopic (exact) mass is 607 g/mol. The summed E-state index contributed by atoms with van der Waals surface area (Å²) in [7, 11) is -4.61. The quantitative estimate of drug-likeness (QED) is 0.358. The van der Waals surface area contributed by atoms with Gasteiger partial charge in [0.05, 0.1) is 11.2 Å². The van der Waals surface area contributed by atoms with E-state index in [2.05, 4.69) is 14.7 Å². The second kappa shape index (κ2) is 12.4. The Balaban J connectivity index is 1.45. The van der Waals surface area contributed by atoms with Crippen molar-refractivity contribution >= 4 is 15.9 Å². The minimum Gasteiger partial charge on any atom is -0.439 e. The zero-order valence-electron chi connectivity index (χ0n) is 24.1. The molecule has 4 rings (SSSR count). The number of nitrogens with one attached hydrogen (secondary N) is 1. The van der Waals surface area contributed by atoms with E-state index in [0.29, 0.717) is 35.0 Å². The molecule has 0 saturated carbocycles. The van der Waals surface area contributed by atoms with Crippen molar-refractivity contribution in [2.24, 2.45) is 0 Å². The summed E-state index contributed by atoms with van der Waals surface area (Å²) < 4.78 is 72.5. The van der Waals surface area contributed by atoms with Crippen molar-refractivity contribution in [1.29, 1.82) is 0 Å². The number of aromatic nitrogens is 2. The van der Waals surface area contributed by atoms with Crippen molar-refractivity contribution in [2.45, 2.75) is 52.5 Å². The molecule has 42 heavy (non-hydrogen) atoms. The highest BCUT2D eigenvalue weighted by Gasteiger charge is 2.38. The number of hydrogen-bond donors (Lipinski definition) is 1. The van der Waals surface area contributed by atoms with Crippen LogP contribution in [0.15, 0.2) is 54.6 Å². The lowest BCUT2D eigenvalue weighted by Crippen LogP contribution is -2.47. The Labute approximate surface area is 244 Å². The molecule has 228 valence electrons. The zero-order valence-corrected chi connectivity index (χ0v) is 24.9. The zero-order chi connectivity index (χ0) is 30.7. The SMILES string of the molecule is CCn1nc(-c2cccc(C(C)(C)NS(=O)(=O)CC(F)(F)F)c2)cc1Oc1ccc(CN2CCN(C(C)=O)CC2)cc1. The molecule has 1 aliphatic heterocycles. The van der Waals surface area contributed by atoms with E-state index < -0.39 is 27.5 Å². The molecule has 2 aromatic carbocycles. The number of benzene rings is 2. The Kier molecular flexibility index (Phi) is 9.33. The molecule has 0 spiro atoms. The first-order chi connectivity index (χ1) is 19.6. The van der Waals surface area contributed by atoms with Gasteiger partial charge in [0.1, 0.15) is 5.75 Å². The summed E-state index contributed by atoms with van der Waals surface area (Å²) in [6.45, 7) is 11.0. The maximum Gasteiger partial charge on any atom is 0.404 e. The van der Waals surface area contributed by atoms with Crippen LogP contribution in [-0.2, 0) is 33.4 Å². The lowest BCUT2D eigenvalue weighted by molar-refractivity contribution is -0.130. The van der Waals surface area contributed by atoms with Gasteiger partial charge in [-0.1, -0.05) is 30.3 Å². The van der Waals surface area contributed by atoms with Gasteiger partial charge >= 0.3 is 6.18 Å². The third-order valence-electron chi connectivity index (χ3n) is 7.06. The van der Waals surface area contributed by atoms with Gasteiger partial charge in [-0.2, -0.15) is 18.3 Å². The fraction of sp³-hybridized carbons (Fsp3) is 0.448. The Morgan fingerprint density at radius 2 is 1.69 bits per heavy atom. The molecular formula is C29H36F3N5O4S. The number of nitrogens with zero attached hydrogens (tertiary/aromatic N) is 4. The van der Waals surface area contributed by atoms with Crippen LogP contribution in [-0.4, -0.2) is 72.0 Å². The summed E-state index contributed by atoms with van der Waals surface area (Å²) in [4.78, 5) is 15.7. The van der Waals surface area contributed by atoms with Gasteiger partial charge in [-0.3, -0.25) is 9.69 Å². The van der Waals surface area contributed by atoms with Gasteiger partial charge in [0, 0.05) is 57.8 Å². The fourth-order valence-corrected chi connectivity index (χ4v) is 6.28. The van der Waals surface area contributed by atoms with Crippen molar-refractivity contribution in [3.63, 3.8) is 0 Å². The molecule has 0 unspecified atom stereocenters. The Bertz CT molecular complexity index is 1500. The molecule has 0 radical (unpaired) electrons. The van der Waals surface area contributed by atoms with Crippen LogP contribution < -0.4 is 9.46 Å². The number of amides is 1. The highest BCUT2D eigenvalue weighted by atomic mass is 32.2. The van der Waals surface area contributed by atoms with E-state index in [-0.39, 0.29) is 5.91 Å². The van der Waals surface area contributed by atoms with Crippen LogP contribution in [0.25, 0.3) is 11.3 Å². The highest BCUT2D eigenvalue weighted by Crippen LogP contribution is 2.31. The first-order valence-electron chi connectivity index (χ1n) is 13.7. The number of ether oxygens (including phenoxy) is 1. The van der Waals surface area contributed by atoms with Gasteiger partial charge in [0.15, 0.2) is 5.75 Å². The third-order valence-corrected chi connectivity index (χ3v) is 8.59. The number of piperazine rings is 1. The molecule has 1 fully saturated rings. The van der Waals surface area contributed by atoms with Crippen molar-refractivity contribution < 1.29 is 31.1 Å². The summed E-state index contributed by atoms with van der Waals surface area (Å²) in [5.41, 5.74) is 1.55. The molecule has 1 aromatic heterocycles. The maximum atomic E-state index is 12.7. The molecular weight excluding hydrogens is 571 g/mol. The summed E-state index contributed by atoms with van der Waals surface area (Å²) in [5, 5.41) is 4.62. The van der Waals surface area contributed by atoms with E-state index in [1.807, 2.05) is 36.1 Å². The Morgan fingerprint density at radius 3 is 2.29 bits per heavy atom. The predicted molar refractivity (Wildman–Crippen MR) is 153 cm³/mol. The first kappa shape index (κ1) is 31.5. The molecule has 1 saturated heterocycles. The molecule has 1 aliphatic rings. The molecule has 0 aliphatic carbocycles. The summed E-state index contributed by atoms with van der Waals surface area (Å²) in [6, 6.07) is 16.4. The second-order valence-electron chi connectivity index (χ2n) is 10.9. The Morgan fingerprint density at radius 1 is 1.02 bits per heavy atom. The lowest BCUT2D eigenvalue weighted by atomic mass is 9.93. The van der Waals surface area contributed by atoms with Crippen molar-refractivity contribution in [1.82, 2.24) is 24.3 Å². The molecule has 0 bridgehead atoms. The smallest absolute Gasteiger partial charge is 0.404 e. The van der Waals surface area contributed by atoms with E-state index in [0.717, 1.165) is 38.3 Å². The number of carbonyl (C=O) groups excluding carboxylic acids is 1. The molecule has 3 aromatic rings. The average Bonchev–Trinajstić information content (AvgIpc) is 3.31. The molecule has 0 atom stereocenters. The van der Waals surface area contributed by atoms with Crippen LogP contribution in [0.3, 0.4) is 0 Å². The molecule has 9 nitrogen and oxygen atoms in total. The van der Waals surface area contributed by atoms with Gasteiger partial charge in [0.25, 0.3) is 0 Å². The van der Waals surface area contributed by atoms with E-state index in [9.17, 15) is 26.4 Å². The lowest BCUT2D eigenvalue weighted by Gasteiger charge is -2.34. The number of sulfonamides is 1. The number of aryl methyl sites for hydroxylation is 1. The van der Waals surface area contributed by atoms with Crippen molar-refractivity contribution in [3.05, 3.63) is 65.7 Å². The van der Waals surface area contributed by atoms with Crippen LogP contribution in [0.4, 0.5) is 13.2 Å². The van der Waals surface area contributed by atoms with Crippen LogP contribution in [0, 0.1) is 0 Å². The second-order valence-corrected chi connectivity index (χ2v) is 12.6. The van der Waals surface area contributed by atoms with Gasteiger partial charge in [0.2, 0.25) is 21.8 Å². The molecule has 1 amide bonds. The first-order valence-corrected chi connectivity index (χ1v) is 15.3. The van der Waals surface area contributed by atoms with Crippen LogP contribution >= 0.6 is 0 Å². The van der Waals surface area contributed by atoms with Crippen LogP contribution in [0.2, 0.25) is 0 Å². The van der Waals surface area contributed by atoms with Gasteiger partial charge < -0.3 is 9.64 Å². The number of halogens is 3. The number of hydrogen-bond acceptors (Lipinski definition) is 6. The van der Waals surface area contributed by atoms with Crippen molar-refractivity contribution in [3.8, 4) is 22.9 Å². The minimum atomic E-state index is -4.85. The van der Waals surface area contributed by atoms with E-state index >= 15 is 0 Å². The highest BCUT2D eigenvalue weighted by molar-refractivity contribution is 7.89. The Hall–Kier alpha value is -3.42. The molecule has 2 heterocycles. The van der Waals surface area contributed by atoms with Gasteiger partial charge in [-0.05, 0) is 50.1 Å². The van der Waals surface area contributed by atoms with E-state index in [1.165, 1.54) is 13.8 Å². The summed E-state index contributed by atoms with van der Waals surface area (Å²) in [5.74, 6) is -0.704. The van der Waals surface area contributed by atoms with Gasteiger partial charge in [-0.25, -0.2) is 17.8 Å². The maximum absolute atomic E-state index is 12.7.